The normalized spacial score (nSPS) is 11.5. The van der Waals surface area contributed by atoms with Gasteiger partial charge in [0.2, 0.25) is 5.91 Å². The maximum absolute atomic E-state index is 11.2. The molecule has 72 valence electrons. The average molecular weight is 254 g/mol. The Labute approximate surface area is 90.1 Å². The van der Waals surface area contributed by atoms with Gasteiger partial charge in [0.1, 0.15) is 11.7 Å². The third-order valence-corrected chi connectivity index (χ3v) is 2.03. The summed E-state index contributed by atoms with van der Waals surface area (Å²) in [4.78, 5) is 15.2. The first-order valence-electron chi connectivity index (χ1n) is 3.95. The van der Waals surface area contributed by atoms with Gasteiger partial charge in [-0.05, 0) is 35.0 Å². The first-order chi connectivity index (χ1) is 6.63. The highest BCUT2D eigenvalue weighted by Gasteiger charge is 2.11. The number of nitrogens with one attached hydrogen (secondary N) is 1. The monoisotopic (exact) mass is 253 g/mol. The average Bonchev–Trinajstić information content (AvgIpc) is 2.20. The molecule has 0 aromatic carbocycles. The second kappa shape index (κ2) is 4.72. The van der Waals surface area contributed by atoms with Crippen molar-refractivity contribution in [1.82, 2.24) is 4.98 Å². The molecule has 4 nitrogen and oxygen atoms in total. The lowest BCUT2D eigenvalue weighted by molar-refractivity contribution is -0.117. The van der Waals surface area contributed by atoms with Crippen molar-refractivity contribution in [1.29, 1.82) is 5.26 Å². The Hall–Kier alpha value is -1.41. The number of aromatic nitrogens is 1. The van der Waals surface area contributed by atoms with Crippen molar-refractivity contribution in [3.63, 3.8) is 0 Å². The van der Waals surface area contributed by atoms with Gasteiger partial charge in [-0.3, -0.25) is 4.79 Å². The van der Waals surface area contributed by atoms with Gasteiger partial charge in [-0.2, -0.15) is 5.26 Å². The maximum atomic E-state index is 11.2. The molecule has 0 aliphatic heterocycles. The number of nitriles is 1. The van der Waals surface area contributed by atoms with Gasteiger partial charge < -0.3 is 5.32 Å². The van der Waals surface area contributed by atoms with Crippen LogP contribution in [0.25, 0.3) is 0 Å². The van der Waals surface area contributed by atoms with E-state index in [-0.39, 0.29) is 5.91 Å². The summed E-state index contributed by atoms with van der Waals surface area (Å²) in [6.07, 6.45) is 1.58. The highest BCUT2D eigenvalue weighted by molar-refractivity contribution is 9.10. The van der Waals surface area contributed by atoms with E-state index < -0.39 is 5.92 Å². The molecule has 1 aromatic heterocycles. The Kier molecular flexibility index (Phi) is 3.60. The molecule has 0 aliphatic rings. The minimum atomic E-state index is -0.666. The molecule has 0 saturated carbocycles. The molecule has 1 amide bonds. The molecule has 1 N–H and O–H groups in total. The number of halogens is 1. The van der Waals surface area contributed by atoms with Crippen LogP contribution in [0.4, 0.5) is 5.82 Å². The highest BCUT2D eigenvalue weighted by Crippen LogP contribution is 2.11. The molecule has 0 spiro atoms. The summed E-state index contributed by atoms with van der Waals surface area (Å²) in [6.45, 7) is 1.54. The summed E-state index contributed by atoms with van der Waals surface area (Å²) in [5, 5.41) is 11.0. The Bertz CT molecular complexity index is 369. The van der Waals surface area contributed by atoms with Crippen LogP contribution in [-0.2, 0) is 4.79 Å². The van der Waals surface area contributed by atoms with E-state index in [2.05, 4.69) is 26.2 Å². The van der Waals surface area contributed by atoms with Gasteiger partial charge in [-0.1, -0.05) is 0 Å². The van der Waals surface area contributed by atoms with Crippen LogP contribution in [0, 0.1) is 17.2 Å². The van der Waals surface area contributed by atoms with Gasteiger partial charge in [0.15, 0.2) is 0 Å². The molecule has 0 saturated heterocycles. The number of amides is 1. The first-order valence-corrected chi connectivity index (χ1v) is 4.75. The van der Waals surface area contributed by atoms with E-state index in [4.69, 9.17) is 5.26 Å². The summed E-state index contributed by atoms with van der Waals surface area (Å²) in [6, 6.07) is 5.27. The summed E-state index contributed by atoms with van der Waals surface area (Å²) in [7, 11) is 0. The first kappa shape index (κ1) is 10.7. The van der Waals surface area contributed by atoms with Crippen molar-refractivity contribution in [2.45, 2.75) is 6.92 Å². The third kappa shape index (κ3) is 2.82. The van der Waals surface area contributed by atoms with Crippen LogP contribution in [0.3, 0.4) is 0 Å². The number of hydrogen-bond donors (Lipinski definition) is 1. The topological polar surface area (TPSA) is 65.8 Å². The molecule has 5 heteroatoms. The minimum Gasteiger partial charge on any atom is -0.310 e. The zero-order chi connectivity index (χ0) is 10.6. The number of rotatable bonds is 2. The van der Waals surface area contributed by atoms with Crippen molar-refractivity contribution >= 4 is 27.7 Å². The second-order valence-electron chi connectivity index (χ2n) is 2.70. The molecule has 0 bridgehead atoms. The minimum absolute atomic E-state index is 0.345. The quantitative estimate of drug-likeness (QED) is 0.876. The molecular formula is C9H8BrN3O. The fraction of sp³-hybridized carbons (Fsp3) is 0.222. The van der Waals surface area contributed by atoms with E-state index >= 15 is 0 Å². The number of hydrogen-bond acceptors (Lipinski definition) is 3. The van der Waals surface area contributed by atoms with E-state index in [1.165, 1.54) is 6.92 Å². The Morgan fingerprint density at radius 1 is 1.71 bits per heavy atom. The van der Waals surface area contributed by atoms with Gasteiger partial charge in [0, 0.05) is 10.7 Å². The standard InChI is InChI=1S/C9H8BrN3O/c1-6(4-11)9(14)13-8-3-2-7(10)5-12-8/h2-3,5-6H,1H3,(H,12,13,14). The predicted octanol–water partition coefficient (Wildman–Crippen LogP) is 1.94. The zero-order valence-corrected chi connectivity index (χ0v) is 9.08. The van der Waals surface area contributed by atoms with Crippen LogP contribution in [0.5, 0.6) is 0 Å². The van der Waals surface area contributed by atoms with Crippen LogP contribution in [0.15, 0.2) is 22.8 Å². The largest absolute Gasteiger partial charge is 0.310 e. The van der Waals surface area contributed by atoms with Gasteiger partial charge in [0.05, 0.1) is 6.07 Å². The van der Waals surface area contributed by atoms with Crippen molar-refractivity contribution in [3.8, 4) is 6.07 Å². The van der Waals surface area contributed by atoms with Crippen molar-refractivity contribution in [3.05, 3.63) is 22.8 Å². The zero-order valence-electron chi connectivity index (χ0n) is 7.49. The fourth-order valence-corrected chi connectivity index (χ4v) is 0.977. The maximum Gasteiger partial charge on any atom is 0.242 e. The lowest BCUT2D eigenvalue weighted by Gasteiger charge is -2.04. The molecule has 1 unspecified atom stereocenters. The van der Waals surface area contributed by atoms with E-state index in [0.29, 0.717) is 5.82 Å². The third-order valence-electron chi connectivity index (χ3n) is 1.57. The van der Waals surface area contributed by atoms with Crippen LogP contribution in [0.1, 0.15) is 6.92 Å². The van der Waals surface area contributed by atoms with Crippen molar-refractivity contribution < 1.29 is 4.79 Å². The molecule has 1 aromatic rings. The number of anilines is 1. The van der Waals surface area contributed by atoms with Gasteiger partial charge >= 0.3 is 0 Å². The van der Waals surface area contributed by atoms with Gasteiger partial charge in [-0.25, -0.2) is 4.98 Å². The molecule has 0 aliphatic carbocycles. The molecule has 0 fully saturated rings. The summed E-state index contributed by atoms with van der Waals surface area (Å²) >= 11 is 3.23. The Morgan fingerprint density at radius 2 is 2.43 bits per heavy atom. The van der Waals surface area contributed by atoms with Crippen molar-refractivity contribution in [2.75, 3.05) is 5.32 Å². The fourth-order valence-electron chi connectivity index (χ4n) is 0.743. The Morgan fingerprint density at radius 3 is 2.93 bits per heavy atom. The molecule has 1 heterocycles. The van der Waals surface area contributed by atoms with Crippen LogP contribution in [0.2, 0.25) is 0 Å². The number of pyridine rings is 1. The highest BCUT2D eigenvalue weighted by atomic mass is 79.9. The van der Waals surface area contributed by atoms with E-state index in [1.807, 2.05) is 6.07 Å². The Balaban J connectivity index is 2.66. The molecule has 1 atom stereocenters. The van der Waals surface area contributed by atoms with E-state index in [0.717, 1.165) is 4.47 Å². The van der Waals surface area contributed by atoms with E-state index in [9.17, 15) is 4.79 Å². The lowest BCUT2D eigenvalue weighted by Crippen LogP contribution is -2.19. The van der Waals surface area contributed by atoms with E-state index in [1.54, 1.807) is 18.3 Å². The van der Waals surface area contributed by atoms with Crippen LogP contribution in [-0.4, -0.2) is 10.9 Å². The number of carbonyl (C=O) groups is 1. The van der Waals surface area contributed by atoms with Gasteiger partial charge in [-0.15, -0.1) is 0 Å². The molecule has 0 radical (unpaired) electrons. The predicted molar refractivity (Wildman–Crippen MR) is 55.3 cm³/mol. The molecular weight excluding hydrogens is 246 g/mol. The summed E-state index contributed by atoms with van der Waals surface area (Å²) < 4.78 is 0.837. The van der Waals surface area contributed by atoms with Crippen LogP contribution >= 0.6 is 15.9 Å². The van der Waals surface area contributed by atoms with Crippen molar-refractivity contribution in [2.24, 2.45) is 5.92 Å². The molecule has 14 heavy (non-hydrogen) atoms. The number of nitrogens with zero attached hydrogens (tertiary/aromatic N) is 2. The van der Waals surface area contributed by atoms with Crippen LogP contribution < -0.4 is 5.32 Å². The lowest BCUT2D eigenvalue weighted by atomic mass is 10.2. The second-order valence-corrected chi connectivity index (χ2v) is 3.62. The number of carbonyl (C=O) groups excluding carboxylic acids is 1. The summed E-state index contributed by atoms with van der Waals surface area (Å²) in [5.41, 5.74) is 0. The smallest absolute Gasteiger partial charge is 0.242 e. The molecule has 1 rings (SSSR count). The van der Waals surface area contributed by atoms with Gasteiger partial charge in [0.25, 0.3) is 0 Å². The summed E-state index contributed by atoms with van der Waals surface area (Å²) in [5.74, 6) is -0.567. The SMILES string of the molecule is CC(C#N)C(=O)Nc1ccc(Br)cn1.